The second kappa shape index (κ2) is 9.36. The molecule has 4 aromatic rings. The van der Waals surface area contributed by atoms with Gasteiger partial charge in [-0.25, -0.2) is 13.5 Å². The van der Waals surface area contributed by atoms with Gasteiger partial charge in [-0.05, 0) is 50.1 Å². The van der Waals surface area contributed by atoms with Crippen molar-refractivity contribution in [2.45, 2.75) is 32.9 Å². The number of rotatable bonds is 5. The lowest BCUT2D eigenvalue weighted by Crippen LogP contribution is -2.29. The Morgan fingerprint density at radius 1 is 1.08 bits per heavy atom. The molecular weight excluding hydrogens is 482 g/mol. The number of hydrogen-bond acceptors (Lipinski definition) is 7. The molecule has 0 unspecified atom stereocenters. The van der Waals surface area contributed by atoms with Crippen LogP contribution in [-0.2, 0) is 0 Å². The maximum Gasteiger partial charge on any atom is 0.276 e. The van der Waals surface area contributed by atoms with Crippen LogP contribution in [0.25, 0.3) is 16.7 Å². The van der Waals surface area contributed by atoms with Gasteiger partial charge in [0.2, 0.25) is 0 Å². The summed E-state index contributed by atoms with van der Waals surface area (Å²) in [4.78, 5) is 27.7. The molecule has 2 aromatic heterocycles. The number of para-hydroxylation sites is 1. The van der Waals surface area contributed by atoms with Crippen LogP contribution in [0.2, 0.25) is 0 Å². The van der Waals surface area contributed by atoms with Gasteiger partial charge in [0.15, 0.2) is 11.6 Å². The summed E-state index contributed by atoms with van der Waals surface area (Å²) in [7, 11) is 0. The topological polar surface area (TPSA) is 124 Å². The normalized spacial score (nSPS) is 17.6. The fourth-order valence-corrected chi connectivity index (χ4v) is 4.54. The molecule has 1 fully saturated rings. The molecule has 0 saturated carbocycles. The summed E-state index contributed by atoms with van der Waals surface area (Å²) < 4.78 is 31.0. The van der Waals surface area contributed by atoms with Gasteiger partial charge in [-0.2, -0.15) is 9.78 Å². The second-order valence-electron chi connectivity index (χ2n) is 9.50. The van der Waals surface area contributed by atoms with E-state index in [0.717, 1.165) is 23.7 Å². The van der Waals surface area contributed by atoms with Gasteiger partial charge in [-0.15, -0.1) is 5.10 Å². The van der Waals surface area contributed by atoms with E-state index >= 15 is 0 Å². The Balaban J connectivity index is 1.56. The second-order valence-corrected chi connectivity index (χ2v) is 9.50. The number of carbonyl (C=O) groups excluding carboxylic acids is 1. The van der Waals surface area contributed by atoms with Gasteiger partial charge in [0, 0.05) is 31.2 Å². The molecule has 192 valence electrons. The highest BCUT2D eigenvalue weighted by molar-refractivity contribution is 6.08. The van der Waals surface area contributed by atoms with Crippen LogP contribution in [0.15, 0.2) is 47.3 Å². The van der Waals surface area contributed by atoms with Crippen LogP contribution in [0.3, 0.4) is 0 Å². The Hall–Kier alpha value is -4.19. The summed E-state index contributed by atoms with van der Waals surface area (Å²) in [6, 6.07) is 9.01. The van der Waals surface area contributed by atoms with Crippen LogP contribution in [0.1, 0.15) is 37.3 Å². The van der Waals surface area contributed by atoms with Crippen molar-refractivity contribution in [2.24, 2.45) is 11.7 Å². The first-order chi connectivity index (χ1) is 17.7. The molecule has 2 atom stereocenters. The van der Waals surface area contributed by atoms with E-state index in [1.807, 2.05) is 19.9 Å². The zero-order valence-corrected chi connectivity index (χ0v) is 20.5. The minimum Gasteiger partial charge on any atom is -0.366 e. The Labute approximate surface area is 210 Å². The van der Waals surface area contributed by atoms with Gasteiger partial charge >= 0.3 is 0 Å². The van der Waals surface area contributed by atoms with Crippen LogP contribution in [0.4, 0.5) is 20.2 Å². The van der Waals surface area contributed by atoms with E-state index in [9.17, 15) is 18.4 Å². The van der Waals surface area contributed by atoms with Gasteiger partial charge in [0.1, 0.15) is 16.9 Å². The van der Waals surface area contributed by atoms with Crippen molar-refractivity contribution < 1.29 is 13.6 Å². The highest BCUT2D eigenvalue weighted by atomic mass is 19.1. The molecule has 1 saturated heterocycles. The highest BCUT2D eigenvalue weighted by Crippen LogP contribution is 2.37. The van der Waals surface area contributed by atoms with Gasteiger partial charge in [0.05, 0.1) is 16.9 Å². The molecule has 1 amide bonds. The Bertz CT molecular complexity index is 1530. The molecular formula is C25H26F2N8O2. The molecule has 0 radical (unpaired) electrons. The van der Waals surface area contributed by atoms with E-state index in [2.05, 4.69) is 32.6 Å². The standard InChI is InChI=1S/C25H26F2N8O2/c1-13(2)34-20-9-7-18(24(22(20)30-32-34)33-11-14(3)17(28)12-33)29-25(37)19-8-10-21(36)35(31-19)23-15(26)5-4-6-16(23)27/h4-10,13-14,17H,11-12,28H2,1-3H3,(H,29,37)/t14-,17+/m1/s1. The molecule has 5 rings (SSSR count). The van der Waals surface area contributed by atoms with Crippen molar-refractivity contribution in [3.8, 4) is 5.69 Å². The third-order valence-corrected chi connectivity index (χ3v) is 6.52. The minimum atomic E-state index is -0.979. The van der Waals surface area contributed by atoms with Gasteiger partial charge in [0.25, 0.3) is 11.5 Å². The fourth-order valence-electron chi connectivity index (χ4n) is 4.54. The molecule has 12 heteroatoms. The monoisotopic (exact) mass is 508 g/mol. The molecule has 0 bridgehead atoms. The summed E-state index contributed by atoms with van der Waals surface area (Å²) in [5.74, 6) is -2.40. The molecule has 1 aliphatic rings. The molecule has 37 heavy (non-hydrogen) atoms. The van der Waals surface area contributed by atoms with Crippen molar-refractivity contribution in [3.63, 3.8) is 0 Å². The Kier molecular flexibility index (Phi) is 6.20. The van der Waals surface area contributed by atoms with Crippen LogP contribution in [0.5, 0.6) is 0 Å². The first-order valence-corrected chi connectivity index (χ1v) is 11.9. The molecule has 0 spiro atoms. The summed E-state index contributed by atoms with van der Waals surface area (Å²) in [5.41, 5.74) is 7.17. The summed E-state index contributed by atoms with van der Waals surface area (Å²) >= 11 is 0. The van der Waals surface area contributed by atoms with Crippen LogP contribution in [-0.4, -0.2) is 49.8 Å². The first-order valence-electron chi connectivity index (χ1n) is 11.9. The van der Waals surface area contributed by atoms with E-state index in [-0.39, 0.29) is 23.7 Å². The molecule has 3 N–H and O–H groups in total. The highest BCUT2D eigenvalue weighted by Gasteiger charge is 2.31. The number of hydrogen-bond donors (Lipinski definition) is 2. The molecule has 1 aliphatic heterocycles. The smallest absolute Gasteiger partial charge is 0.276 e. The minimum absolute atomic E-state index is 0.0557. The maximum atomic E-state index is 14.3. The van der Waals surface area contributed by atoms with E-state index in [1.165, 1.54) is 12.1 Å². The third kappa shape index (κ3) is 4.33. The zero-order valence-electron chi connectivity index (χ0n) is 20.5. The largest absolute Gasteiger partial charge is 0.366 e. The zero-order chi connectivity index (χ0) is 26.4. The predicted octanol–water partition coefficient (Wildman–Crippen LogP) is 2.87. The third-order valence-electron chi connectivity index (χ3n) is 6.52. The van der Waals surface area contributed by atoms with Gasteiger partial charge in [-0.1, -0.05) is 18.2 Å². The van der Waals surface area contributed by atoms with Crippen LogP contribution >= 0.6 is 0 Å². The molecule has 2 aromatic carbocycles. The van der Waals surface area contributed by atoms with Crippen molar-refractivity contribution in [3.05, 3.63) is 70.1 Å². The van der Waals surface area contributed by atoms with E-state index in [0.29, 0.717) is 34.7 Å². The molecule has 0 aliphatic carbocycles. The fraction of sp³-hybridized carbons (Fsp3) is 0.320. The Morgan fingerprint density at radius 2 is 1.81 bits per heavy atom. The summed E-state index contributed by atoms with van der Waals surface area (Å²) in [6.45, 7) is 7.27. The number of nitrogens with zero attached hydrogens (tertiary/aromatic N) is 6. The van der Waals surface area contributed by atoms with Crippen molar-refractivity contribution >= 4 is 28.3 Å². The first kappa shape index (κ1) is 24.5. The molecule has 3 heterocycles. The van der Waals surface area contributed by atoms with Crippen molar-refractivity contribution in [2.75, 3.05) is 23.3 Å². The molecule has 10 nitrogen and oxygen atoms in total. The summed E-state index contributed by atoms with van der Waals surface area (Å²) in [5, 5.41) is 15.5. The summed E-state index contributed by atoms with van der Waals surface area (Å²) in [6.07, 6.45) is 0. The number of carbonyl (C=O) groups is 1. The predicted molar refractivity (Wildman–Crippen MR) is 135 cm³/mol. The van der Waals surface area contributed by atoms with Crippen molar-refractivity contribution in [1.29, 1.82) is 0 Å². The number of fused-ring (bicyclic) bond motifs is 1. The average Bonchev–Trinajstić information content (AvgIpc) is 3.42. The van der Waals surface area contributed by atoms with Gasteiger partial charge < -0.3 is 16.0 Å². The number of anilines is 2. The number of nitrogens with two attached hydrogens (primary N) is 1. The Morgan fingerprint density at radius 3 is 2.46 bits per heavy atom. The van der Waals surface area contributed by atoms with E-state index in [4.69, 9.17) is 5.73 Å². The quantitative estimate of drug-likeness (QED) is 0.425. The average molecular weight is 509 g/mol. The van der Waals surface area contributed by atoms with Crippen LogP contribution < -0.4 is 21.5 Å². The lowest BCUT2D eigenvalue weighted by Gasteiger charge is -2.22. The number of aromatic nitrogens is 5. The van der Waals surface area contributed by atoms with Gasteiger partial charge in [-0.3, -0.25) is 9.59 Å². The van der Waals surface area contributed by atoms with Crippen LogP contribution in [0, 0.1) is 17.6 Å². The lowest BCUT2D eigenvalue weighted by atomic mass is 10.1. The number of benzene rings is 2. The lowest BCUT2D eigenvalue weighted by molar-refractivity contribution is 0.102. The SMILES string of the molecule is CC(C)n1nnc2c(N3C[C@@H](C)[C@@H](N)C3)c(NC(=O)c3ccc(=O)n(-c4c(F)cccc4F)n3)ccc21. The maximum absolute atomic E-state index is 14.3. The van der Waals surface area contributed by atoms with E-state index < -0.39 is 28.8 Å². The number of amides is 1. The van der Waals surface area contributed by atoms with Crippen molar-refractivity contribution in [1.82, 2.24) is 24.8 Å². The number of halogens is 2. The van der Waals surface area contributed by atoms with E-state index in [1.54, 1.807) is 10.7 Å². The number of nitrogens with one attached hydrogen (secondary N) is 1.